The Balaban J connectivity index is 1.38. The van der Waals surface area contributed by atoms with Crippen LogP contribution >= 0.6 is 0 Å². The summed E-state index contributed by atoms with van der Waals surface area (Å²) in [6.07, 6.45) is -0.354. The van der Waals surface area contributed by atoms with Gasteiger partial charge in [0.05, 0.1) is 11.7 Å². The largest absolute Gasteiger partial charge is 0.472 e. The van der Waals surface area contributed by atoms with Crippen LogP contribution < -0.4 is 15.0 Å². The maximum absolute atomic E-state index is 13.0. The van der Waals surface area contributed by atoms with Crippen molar-refractivity contribution in [2.75, 3.05) is 24.6 Å². The number of hydrogen-bond donors (Lipinski definition) is 1. The molecule has 1 atom stereocenters. The third-order valence-electron chi connectivity index (χ3n) is 6.29. The average molecular weight is 499 g/mol. The summed E-state index contributed by atoms with van der Waals surface area (Å²) in [7, 11) is 0. The average Bonchev–Trinajstić information content (AvgIpc) is 3.56. The summed E-state index contributed by atoms with van der Waals surface area (Å²) in [5.74, 6) is 0.0495. The second kappa shape index (κ2) is 10.1. The van der Waals surface area contributed by atoms with Crippen LogP contribution in [-0.2, 0) is 23.9 Å². The zero-order chi connectivity index (χ0) is 25.1. The van der Waals surface area contributed by atoms with Crippen molar-refractivity contribution in [1.82, 2.24) is 15.3 Å². The second-order valence-corrected chi connectivity index (χ2v) is 8.75. The van der Waals surface area contributed by atoms with Gasteiger partial charge in [-0.3, -0.25) is 4.79 Å². The van der Waals surface area contributed by atoms with Crippen LogP contribution in [0.5, 0.6) is 5.88 Å². The molecule has 36 heavy (non-hydrogen) atoms. The molecule has 0 radical (unpaired) electrons. The van der Waals surface area contributed by atoms with E-state index in [9.17, 15) is 18.0 Å². The van der Waals surface area contributed by atoms with Crippen molar-refractivity contribution in [3.63, 3.8) is 0 Å². The number of nitrogens with zero attached hydrogens (tertiary/aromatic N) is 3. The molecule has 5 rings (SSSR count). The number of anilines is 2. The van der Waals surface area contributed by atoms with Gasteiger partial charge in [-0.25, -0.2) is 4.98 Å². The first kappa shape index (κ1) is 24.1. The van der Waals surface area contributed by atoms with Crippen molar-refractivity contribution in [3.8, 4) is 5.88 Å². The van der Waals surface area contributed by atoms with Gasteiger partial charge in [-0.1, -0.05) is 30.3 Å². The highest BCUT2D eigenvalue weighted by Gasteiger charge is 2.30. The van der Waals surface area contributed by atoms with Crippen molar-refractivity contribution < 1.29 is 27.4 Å². The molecule has 2 aromatic carbocycles. The molecule has 188 valence electrons. The minimum atomic E-state index is -4.42. The smallest absolute Gasteiger partial charge is 0.416 e. The SMILES string of the molecule is O=C(NCC1CCCO1)c1cnc(N2CCc3ccccc32)nc1OCc1ccc(C(F)(F)F)cc1. The van der Waals surface area contributed by atoms with Gasteiger partial charge in [-0.15, -0.1) is 0 Å². The molecule has 0 saturated carbocycles. The molecule has 0 aliphatic carbocycles. The molecule has 1 unspecified atom stereocenters. The second-order valence-electron chi connectivity index (χ2n) is 8.75. The van der Waals surface area contributed by atoms with Gasteiger partial charge in [0.2, 0.25) is 11.8 Å². The van der Waals surface area contributed by atoms with Crippen LogP contribution in [0.15, 0.2) is 54.7 Å². The first-order chi connectivity index (χ1) is 17.4. The summed E-state index contributed by atoms with van der Waals surface area (Å²) in [5.41, 5.74) is 2.09. The van der Waals surface area contributed by atoms with E-state index in [4.69, 9.17) is 9.47 Å². The molecule has 2 aliphatic heterocycles. The van der Waals surface area contributed by atoms with Crippen molar-refractivity contribution in [3.05, 3.63) is 77.0 Å². The minimum Gasteiger partial charge on any atom is -0.472 e. The Hall–Kier alpha value is -3.66. The Bertz CT molecular complexity index is 1230. The molecule has 10 heteroatoms. The summed E-state index contributed by atoms with van der Waals surface area (Å²) in [6.45, 7) is 1.66. The highest BCUT2D eigenvalue weighted by molar-refractivity contribution is 5.96. The fraction of sp³-hybridized carbons (Fsp3) is 0.346. The molecule has 3 heterocycles. The Morgan fingerprint density at radius 1 is 1.17 bits per heavy atom. The minimum absolute atomic E-state index is 0.0354. The molecular formula is C26H25F3N4O3. The summed E-state index contributed by atoms with van der Waals surface area (Å²) in [4.78, 5) is 23.9. The number of rotatable bonds is 7. The topological polar surface area (TPSA) is 76.6 Å². The Morgan fingerprint density at radius 3 is 2.72 bits per heavy atom. The number of amides is 1. The molecule has 1 saturated heterocycles. The van der Waals surface area contributed by atoms with E-state index >= 15 is 0 Å². The van der Waals surface area contributed by atoms with E-state index < -0.39 is 17.6 Å². The first-order valence-electron chi connectivity index (χ1n) is 11.8. The van der Waals surface area contributed by atoms with E-state index in [2.05, 4.69) is 15.3 Å². The zero-order valence-corrected chi connectivity index (χ0v) is 19.4. The Morgan fingerprint density at radius 2 is 1.97 bits per heavy atom. The van der Waals surface area contributed by atoms with Gasteiger partial charge in [0.25, 0.3) is 5.91 Å². The molecular weight excluding hydrogens is 473 g/mol. The van der Waals surface area contributed by atoms with Gasteiger partial charge >= 0.3 is 6.18 Å². The maximum atomic E-state index is 13.0. The Kier molecular flexibility index (Phi) is 6.77. The van der Waals surface area contributed by atoms with Gasteiger partial charge in [-0.2, -0.15) is 18.2 Å². The van der Waals surface area contributed by atoms with Crippen molar-refractivity contribution in [1.29, 1.82) is 0 Å². The van der Waals surface area contributed by atoms with Crippen LogP contribution in [0.3, 0.4) is 0 Å². The van der Waals surface area contributed by atoms with Crippen LogP contribution in [0.2, 0.25) is 0 Å². The lowest BCUT2D eigenvalue weighted by Crippen LogP contribution is -2.32. The fourth-order valence-electron chi connectivity index (χ4n) is 4.35. The molecule has 0 bridgehead atoms. The number of hydrogen-bond acceptors (Lipinski definition) is 6. The first-order valence-corrected chi connectivity index (χ1v) is 11.8. The summed E-state index contributed by atoms with van der Waals surface area (Å²) >= 11 is 0. The molecule has 3 aromatic rings. The Labute approximate surface area is 206 Å². The van der Waals surface area contributed by atoms with Crippen LogP contribution in [0, 0.1) is 0 Å². The molecule has 2 aliphatic rings. The van der Waals surface area contributed by atoms with Crippen molar-refractivity contribution in [2.24, 2.45) is 0 Å². The molecule has 1 aromatic heterocycles. The van der Waals surface area contributed by atoms with Crippen LogP contribution in [-0.4, -0.2) is 41.7 Å². The van der Waals surface area contributed by atoms with E-state index in [1.165, 1.54) is 23.9 Å². The quantitative estimate of drug-likeness (QED) is 0.510. The third-order valence-corrected chi connectivity index (χ3v) is 6.29. The normalized spacial score (nSPS) is 17.2. The van der Waals surface area contributed by atoms with Crippen LogP contribution in [0.1, 0.15) is 39.9 Å². The van der Waals surface area contributed by atoms with E-state index in [0.29, 0.717) is 31.2 Å². The van der Waals surface area contributed by atoms with Gasteiger partial charge in [0.15, 0.2) is 0 Å². The standard InChI is InChI=1S/C26H25F3N4O3/c27-26(28,29)19-9-7-17(8-10-19)16-36-24-21(23(34)30-14-20-5-3-13-35-20)15-31-25(32-24)33-12-11-18-4-1-2-6-22(18)33/h1-2,4,6-10,15,20H,3,5,11-14,16H2,(H,30,34). The summed E-state index contributed by atoms with van der Waals surface area (Å²) < 4.78 is 50.1. The highest BCUT2D eigenvalue weighted by atomic mass is 19.4. The van der Waals surface area contributed by atoms with Crippen LogP contribution in [0.25, 0.3) is 0 Å². The summed E-state index contributed by atoms with van der Waals surface area (Å²) in [6, 6.07) is 12.6. The van der Waals surface area contributed by atoms with Crippen LogP contribution in [0.4, 0.5) is 24.8 Å². The number of nitrogens with one attached hydrogen (secondary N) is 1. The van der Waals surface area contributed by atoms with Crippen molar-refractivity contribution >= 4 is 17.5 Å². The number of carbonyl (C=O) groups excluding carboxylic acids is 1. The zero-order valence-electron chi connectivity index (χ0n) is 19.4. The predicted molar refractivity (Wildman–Crippen MR) is 126 cm³/mol. The predicted octanol–water partition coefficient (Wildman–Crippen LogP) is 4.68. The molecule has 0 spiro atoms. The number of aromatic nitrogens is 2. The monoisotopic (exact) mass is 498 g/mol. The van der Waals surface area contributed by atoms with E-state index in [-0.39, 0.29) is 24.2 Å². The number of ether oxygens (including phenoxy) is 2. The van der Waals surface area contributed by atoms with Gasteiger partial charge in [0.1, 0.15) is 12.2 Å². The third kappa shape index (κ3) is 5.28. The van der Waals surface area contributed by atoms with Gasteiger partial charge in [-0.05, 0) is 48.6 Å². The maximum Gasteiger partial charge on any atom is 0.416 e. The highest BCUT2D eigenvalue weighted by Crippen LogP contribution is 2.34. The number of carbonyl (C=O) groups is 1. The number of para-hydroxylation sites is 1. The molecule has 7 nitrogen and oxygen atoms in total. The molecule has 1 N–H and O–H groups in total. The van der Waals surface area contributed by atoms with E-state index in [1.54, 1.807) is 0 Å². The summed E-state index contributed by atoms with van der Waals surface area (Å²) in [5, 5.41) is 2.85. The fourth-order valence-corrected chi connectivity index (χ4v) is 4.35. The lowest BCUT2D eigenvalue weighted by atomic mass is 10.1. The van der Waals surface area contributed by atoms with Gasteiger partial charge in [0, 0.05) is 31.6 Å². The number of benzene rings is 2. The van der Waals surface area contributed by atoms with Crippen molar-refractivity contribution in [2.45, 2.75) is 38.1 Å². The molecule has 1 fully saturated rings. The number of fused-ring (bicyclic) bond motifs is 1. The van der Waals surface area contributed by atoms with E-state index in [1.807, 2.05) is 29.2 Å². The van der Waals surface area contributed by atoms with E-state index in [0.717, 1.165) is 37.1 Å². The van der Waals surface area contributed by atoms with Gasteiger partial charge < -0.3 is 19.7 Å². The number of halogens is 3. The lowest BCUT2D eigenvalue weighted by molar-refractivity contribution is -0.137. The lowest BCUT2D eigenvalue weighted by Gasteiger charge is -2.19. The molecule has 1 amide bonds. The number of alkyl halides is 3.